The first-order valence-electron chi connectivity index (χ1n) is 5.92. The average molecular weight is 316 g/mol. The lowest BCUT2D eigenvalue weighted by Gasteiger charge is -2.14. The van der Waals surface area contributed by atoms with E-state index in [-0.39, 0.29) is 0 Å². The number of nitrogens with one attached hydrogen (secondary N) is 1. The molecule has 0 radical (unpaired) electrons. The van der Waals surface area contributed by atoms with Crippen molar-refractivity contribution in [2.75, 3.05) is 6.61 Å². The Kier molecular flexibility index (Phi) is 6.15. The minimum absolute atomic E-state index is 0.464. The van der Waals surface area contributed by atoms with Gasteiger partial charge in [0.2, 0.25) is 0 Å². The highest BCUT2D eigenvalue weighted by Crippen LogP contribution is 2.23. The zero-order valence-corrected chi connectivity index (χ0v) is 12.2. The van der Waals surface area contributed by atoms with Gasteiger partial charge in [0, 0.05) is 16.6 Å². The van der Waals surface area contributed by atoms with E-state index in [9.17, 15) is 4.79 Å². The molecule has 0 aliphatic heterocycles. The lowest BCUT2D eigenvalue weighted by Crippen LogP contribution is -2.33. The second-order valence-corrected chi connectivity index (χ2v) is 4.96. The Morgan fingerprint density at radius 3 is 2.89 bits per heavy atom. The van der Waals surface area contributed by atoms with E-state index in [1.54, 1.807) is 6.92 Å². The van der Waals surface area contributed by atoms with Crippen LogP contribution in [0.1, 0.15) is 25.8 Å². The highest BCUT2D eigenvalue weighted by Gasteiger charge is 2.11. The maximum atomic E-state index is 10.7. The molecule has 1 aromatic rings. The van der Waals surface area contributed by atoms with E-state index < -0.39 is 12.0 Å². The van der Waals surface area contributed by atoms with Crippen LogP contribution in [-0.2, 0) is 11.3 Å². The molecule has 0 aliphatic rings. The van der Waals surface area contributed by atoms with Gasteiger partial charge in [-0.25, -0.2) is 0 Å². The minimum atomic E-state index is -0.860. The predicted octanol–water partition coefficient (Wildman–Crippen LogP) is 2.80. The maximum absolute atomic E-state index is 10.7. The third-order valence-corrected chi connectivity index (χ3v) is 2.95. The third-order valence-electron chi connectivity index (χ3n) is 2.45. The van der Waals surface area contributed by atoms with Crippen molar-refractivity contribution in [2.45, 2.75) is 32.9 Å². The molecule has 18 heavy (non-hydrogen) atoms. The number of aliphatic carboxylic acids is 1. The zero-order valence-electron chi connectivity index (χ0n) is 10.6. The van der Waals surface area contributed by atoms with Gasteiger partial charge in [-0.1, -0.05) is 22.9 Å². The van der Waals surface area contributed by atoms with E-state index in [1.807, 2.05) is 25.1 Å². The molecule has 2 N–H and O–H groups in total. The van der Waals surface area contributed by atoms with Crippen LogP contribution in [0.25, 0.3) is 0 Å². The van der Waals surface area contributed by atoms with Gasteiger partial charge in [-0.3, -0.25) is 4.79 Å². The molecule has 0 bridgehead atoms. The van der Waals surface area contributed by atoms with Gasteiger partial charge >= 0.3 is 5.97 Å². The molecular formula is C13H18BrNO3. The number of carboxylic acids is 1. The summed E-state index contributed by atoms with van der Waals surface area (Å²) in [5.74, 6) is -0.0637. The summed E-state index contributed by atoms with van der Waals surface area (Å²) in [4.78, 5) is 10.7. The summed E-state index contributed by atoms with van der Waals surface area (Å²) in [6.07, 6.45) is 0.939. The Labute approximate surface area is 115 Å². The summed E-state index contributed by atoms with van der Waals surface area (Å²) in [5, 5.41) is 11.8. The van der Waals surface area contributed by atoms with Gasteiger partial charge in [0.15, 0.2) is 0 Å². The molecule has 0 heterocycles. The maximum Gasteiger partial charge on any atom is 0.320 e. The highest BCUT2D eigenvalue weighted by molar-refractivity contribution is 9.10. The van der Waals surface area contributed by atoms with Crippen molar-refractivity contribution in [2.24, 2.45) is 0 Å². The number of halogens is 1. The van der Waals surface area contributed by atoms with Crippen LogP contribution in [0.15, 0.2) is 22.7 Å². The van der Waals surface area contributed by atoms with Crippen LogP contribution in [0.5, 0.6) is 5.75 Å². The number of rotatable bonds is 7. The fourth-order valence-electron chi connectivity index (χ4n) is 1.39. The molecule has 1 rings (SSSR count). The van der Waals surface area contributed by atoms with E-state index in [0.717, 1.165) is 22.2 Å². The number of benzene rings is 1. The zero-order chi connectivity index (χ0) is 13.5. The molecule has 4 nitrogen and oxygen atoms in total. The van der Waals surface area contributed by atoms with E-state index in [2.05, 4.69) is 21.2 Å². The summed E-state index contributed by atoms with van der Waals surface area (Å²) in [7, 11) is 0. The highest BCUT2D eigenvalue weighted by atomic mass is 79.9. The Morgan fingerprint density at radius 2 is 2.28 bits per heavy atom. The second-order valence-electron chi connectivity index (χ2n) is 4.04. The van der Waals surface area contributed by atoms with Crippen LogP contribution in [0, 0.1) is 0 Å². The monoisotopic (exact) mass is 315 g/mol. The first-order chi connectivity index (χ1) is 8.54. The Hall–Kier alpha value is -1.07. The van der Waals surface area contributed by atoms with Gasteiger partial charge in [0.1, 0.15) is 11.8 Å². The van der Waals surface area contributed by atoms with Crippen molar-refractivity contribution in [1.29, 1.82) is 0 Å². The Balaban J connectivity index is 2.72. The fraction of sp³-hybridized carbons (Fsp3) is 0.462. The third kappa shape index (κ3) is 4.66. The van der Waals surface area contributed by atoms with Crippen molar-refractivity contribution in [3.63, 3.8) is 0 Å². The molecule has 0 saturated carbocycles. The van der Waals surface area contributed by atoms with Crippen LogP contribution >= 0.6 is 15.9 Å². The first kappa shape index (κ1) is 15.0. The van der Waals surface area contributed by atoms with Crippen molar-refractivity contribution in [3.05, 3.63) is 28.2 Å². The summed E-state index contributed by atoms with van der Waals surface area (Å²) >= 11 is 3.40. The number of hydrogen-bond acceptors (Lipinski definition) is 3. The lowest BCUT2D eigenvalue weighted by molar-refractivity contribution is -0.139. The molecule has 100 valence electrons. The van der Waals surface area contributed by atoms with Crippen LogP contribution in [0.3, 0.4) is 0 Å². The smallest absolute Gasteiger partial charge is 0.320 e. The number of carboxylic acid groups (broad SMARTS) is 1. The molecule has 0 saturated heterocycles. The van der Waals surface area contributed by atoms with Crippen LogP contribution < -0.4 is 10.1 Å². The van der Waals surface area contributed by atoms with E-state index in [0.29, 0.717) is 13.2 Å². The lowest BCUT2D eigenvalue weighted by atomic mass is 10.2. The molecule has 5 heteroatoms. The minimum Gasteiger partial charge on any atom is -0.493 e. The van der Waals surface area contributed by atoms with Crippen molar-refractivity contribution >= 4 is 21.9 Å². The Morgan fingerprint density at radius 1 is 1.56 bits per heavy atom. The summed E-state index contributed by atoms with van der Waals surface area (Å²) in [5.41, 5.74) is 0.950. The molecular weight excluding hydrogens is 298 g/mol. The molecule has 1 unspecified atom stereocenters. The SMILES string of the molecule is CCCOc1ccc(Br)cc1CNC(C)C(=O)O. The van der Waals surface area contributed by atoms with Crippen molar-refractivity contribution in [1.82, 2.24) is 5.32 Å². The largest absolute Gasteiger partial charge is 0.493 e. The summed E-state index contributed by atoms with van der Waals surface area (Å²) in [6, 6.07) is 5.16. The Bertz CT molecular complexity index is 409. The standard InChI is InChI=1S/C13H18BrNO3/c1-3-6-18-12-5-4-11(14)7-10(12)8-15-9(2)13(16)17/h4-5,7,9,15H,3,6,8H2,1-2H3,(H,16,17). The van der Waals surface area contributed by atoms with Crippen LogP contribution in [0.4, 0.5) is 0 Å². The molecule has 0 aliphatic carbocycles. The van der Waals surface area contributed by atoms with Gasteiger partial charge in [0.05, 0.1) is 6.61 Å². The number of hydrogen-bond donors (Lipinski definition) is 2. The average Bonchev–Trinajstić information content (AvgIpc) is 2.34. The summed E-state index contributed by atoms with van der Waals surface area (Å²) in [6.45, 7) is 4.78. The molecule has 0 aromatic heterocycles. The van der Waals surface area contributed by atoms with Gasteiger partial charge in [-0.2, -0.15) is 0 Å². The molecule has 0 fully saturated rings. The van der Waals surface area contributed by atoms with E-state index >= 15 is 0 Å². The molecule has 0 spiro atoms. The topological polar surface area (TPSA) is 58.6 Å². The number of carbonyl (C=O) groups is 1. The molecule has 1 atom stereocenters. The van der Waals surface area contributed by atoms with Gasteiger partial charge < -0.3 is 15.2 Å². The van der Waals surface area contributed by atoms with Crippen molar-refractivity contribution in [3.8, 4) is 5.75 Å². The summed E-state index contributed by atoms with van der Waals surface area (Å²) < 4.78 is 6.58. The first-order valence-corrected chi connectivity index (χ1v) is 6.71. The van der Waals surface area contributed by atoms with Crippen LogP contribution in [-0.4, -0.2) is 23.7 Å². The van der Waals surface area contributed by atoms with Gasteiger partial charge in [-0.05, 0) is 31.5 Å². The quantitative estimate of drug-likeness (QED) is 0.812. The van der Waals surface area contributed by atoms with E-state index in [1.165, 1.54) is 0 Å². The molecule has 1 aromatic carbocycles. The van der Waals surface area contributed by atoms with Gasteiger partial charge in [-0.15, -0.1) is 0 Å². The van der Waals surface area contributed by atoms with Gasteiger partial charge in [0.25, 0.3) is 0 Å². The van der Waals surface area contributed by atoms with Crippen molar-refractivity contribution < 1.29 is 14.6 Å². The number of ether oxygens (including phenoxy) is 1. The molecule has 0 amide bonds. The predicted molar refractivity (Wildman–Crippen MR) is 73.9 cm³/mol. The van der Waals surface area contributed by atoms with E-state index in [4.69, 9.17) is 9.84 Å². The fourth-order valence-corrected chi connectivity index (χ4v) is 1.80. The normalized spacial score (nSPS) is 12.2. The van der Waals surface area contributed by atoms with Crippen LogP contribution in [0.2, 0.25) is 0 Å². The second kappa shape index (κ2) is 7.38.